The van der Waals surface area contributed by atoms with Crippen LogP contribution in [-0.4, -0.2) is 20.8 Å². The molecule has 0 fully saturated rings. The van der Waals surface area contributed by atoms with Gasteiger partial charge in [0.1, 0.15) is 6.33 Å². The van der Waals surface area contributed by atoms with Crippen LogP contribution in [0.3, 0.4) is 0 Å². The molecule has 3 rings (SSSR count). The van der Waals surface area contributed by atoms with E-state index < -0.39 is 6.09 Å². The monoisotopic (exact) mass is 360 g/mol. The second kappa shape index (κ2) is 9.98. The molecular weight excluding hydrogens is 336 g/mol. The molecule has 138 valence electrons. The summed E-state index contributed by atoms with van der Waals surface area (Å²) < 4.78 is 0.972. The van der Waals surface area contributed by atoms with Gasteiger partial charge in [-0.25, -0.2) is 14.3 Å². The van der Waals surface area contributed by atoms with E-state index >= 15 is 0 Å². The van der Waals surface area contributed by atoms with E-state index in [1.54, 1.807) is 0 Å². The molecule has 1 heterocycles. The molecule has 1 aromatic heterocycles. The summed E-state index contributed by atoms with van der Waals surface area (Å²) in [6.07, 6.45) is 3.89. The molecule has 3 aromatic rings. The maximum absolute atomic E-state index is 9.98. The van der Waals surface area contributed by atoms with Gasteiger partial charge in [-0.1, -0.05) is 61.2 Å². The molecule has 0 unspecified atom stereocenters. The normalized spacial score (nSPS) is 10.8. The SMILES string of the molecule is Cc1cccc(C#CC[C@@H](C)c2ccccc2)c1C.O=C(O)n1ccnc1. The molecule has 27 heavy (non-hydrogen) atoms. The number of hydrogen-bond donors (Lipinski definition) is 1. The molecule has 0 aliphatic heterocycles. The zero-order chi connectivity index (χ0) is 19.6. The highest BCUT2D eigenvalue weighted by Crippen LogP contribution is 2.18. The fourth-order valence-corrected chi connectivity index (χ4v) is 2.46. The van der Waals surface area contributed by atoms with Crippen molar-refractivity contribution in [3.63, 3.8) is 0 Å². The Labute approximate surface area is 160 Å². The molecule has 4 heteroatoms. The summed E-state index contributed by atoms with van der Waals surface area (Å²) in [6, 6.07) is 16.9. The van der Waals surface area contributed by atoms with Crippen molar-refractivity contribution < 1.29 is 9.90 Å². The topological polar surface area (TPSA) is 55.1 Å². The first kappa shape index (κ1) is 20.0. The lowest BCUT2D eigenvalue weighted by atomic mass is 9.97. The van der Waals surface area contributed by atoms with Crippen LogP contribution in [0.1, 0.15) is 41.5 Å². The minimum absolute atomic E-state index is 0.485. The summed E-state index contributed by atoms with van der Waals surface area (Å²) in [4.78, 5) is 13.5. The maximum Gasteiger partial charge on any atom is 0.416 e. The zero-order valence-corrected chi connectivity index (χ0v) is 15.9. The average molecular weight is 360 g/mol. The molecule has 1 N–H and O–H groups in total. The minimum atomic E-state index is -1.01. The van der Waals surface area contributed by atoms with Gasteiger partial charge in [0.2, 0.25) is 0 Å². The largest absolute Gasteiger partial charge is 0.464 e. The average Bonchev–Trinajstić information content (AvgIpc) is 3.21. The molecule has 0 saturated carbocycles. The quantitative estimate of drug-likeness (QED) is 0.634. The van der Waals surface area contributed by atoms with Gasteiger partial charge in [0.15, 0.2) is 0 Å². The number of imidazole rings is 1. The lowest BCUT2D eigenvalue weighted by Crippen LogP contribution is -2.03. The highest BCUT2D eigenvalue weighted by Gasteiger charge is 2.02. The van der Waals surface area contributed by atoms with Crippen molar-refractivity contribution in [3.05, 3.63) is 89.5 Å². The summed E-state index contributed by atoms with van der Waals surface area (Å²) >= 11 is 0. The van der Waals surface area contributed by atoms with Crippen LogP contribution in [0.25, 0.3) is 0 Å². The summed E-state index contributed by atoms with van der Waals surface area (Å²) in [7, 11) is 0. The van der Waals surface area contributed by atoms with Crippen LogP contribution in [0.4, 0.5) is 4.79 Å². The number of hydrogen-bond acceptors (Lipinski definition) is 2. The van der Waals surface area contributed by atoms with Crippen molar-refractivity contribution in [1.29, 1.82) is 0 Å². The fourth-order valence-electron chi connectivity index (χ4n) is 2.46. The van der Waals surface area contributed by atoms with Crippen LogP contribution in [0.2, 0.25) is 0 Å². The van der Waals surface area contributed by atoms with Crippen LogP contribution in [0.15, 0.2) is 67.3 Å². The Bertz CT molecular complexity index is 920. The van der Waals surface area contributed by atoms with E-state index in [1.807, 2.05) is 0 Å². The van der Waals surface area contributed by atoms with E-state index in [0.29, 0.717) is 5.92 Å². The van der Waals surface area contributed by atoms with Gasteiger partial charge in [0.05, 0.1) is 0 Å². The molecule has 0 spiro atoms. The number of carboxylic acid groups (broad SMARTS) is 1. The lowest BCUT2D eigenvalue weighted by Gasteiger charge is -2.07. The van der Waals surface area contributed by atoms with E-state index in [0.717, 1.165) is 16.6 Å². The standard InChI is InChI=1S/C19H20.C4H4N2O2/c1-15-9-7-13-19(17(15)3)14-8-10-16(2)18-11-5-4-6-12-18;7-4(8)6-2-1-5-3-6/h4-7,9,11-13,16H,10H2,1-3H3;1-3H,(H,7,8)/t16-;/m1./s1. The summed E-state index contributed by atoms with van der Waals surface area (Å²) in [5.74, 6) is 7.11. The number of nitrogens with zero attached hydrogens (tertiary/aromatic N) is 2. The molecule has 1 atom stereocenters. The van der Waals surface area contributed by atoms with Gasteiger partial charge in [0, 0.05) is 24.4 Å². The number of rotatable bonds is 2. The van der Waals surface area contributed by atoms with Crippen LogP contribution < -0.4 is 0 Å². The molecule has 2 aromatic carbocycles. The maximum atomic E-state index is 9.98. The van der Waals surface area contributed by atoms with Crippen molar-refractivity contribution in [2.45, 2.75) is 33.1 Å². The van der Waals surface area contributed by atoms with Gasteiger partial charge in [-0.05, 0) is 42.5 Å². The predicted molar refractivity (Wildman–Crippen MR) is 108 cm³/mol. The first-order valence-electron chi connectivity index (χ1n) is 8.80. The van der Waals surface area contributed by atoms with E-state index in [2.05, 4.69) is 86.1 Å². The predicted octanol–water partition coefficient (Wildman–Crippen LogP) is 5.26. The minimum Gasteiger partial charge on any atom is -0.464 e. The number of aryl methyl sites for hydroxylation is 1. The Morgan fingerprint density at radius 1 is 1.15 bits per heavy atom. The van der Waals surface area contributed by atoms with Crippen molar-refractivity contribution in [2.24, 2.45) is 0 Å². The molecule has 4 nitrogen and oxygen atoms in total. The van der Waals surface area contributed by atoms with E-state index in [1.165, 1.54) is 35.4 Å². The number of benzene rings is 2. The summed E-state index contributed by atoms with van der Waals surface area (Å²) in [5.41, 5.74) is 5.11. The van der Waals surface area contributed by atoms with E-state index in [9.17, 15) is 4.79 Å². The van der Waals surface area contributed by atoms with Crippen LogP contribution >= 0.6 is 0 Å². The van der Waals surface area contributed by atoms with Crippen molar-refractivity contribution >= 4 is 6.09 Å². The van der Waals surface area contributed by atoms with Crippen LogP contribution in [0.5, 0.6) is 0 Å². The first-order valence-corrected chi connectivity index (χ1v) is 8.80. The highest BCUT2D eigenvalue weighted by molar-refractivity contribution is 5.67. The van der Waals surface area contributed by atoms with E-state index in [-0.39, 0.29) is 0 Å². The van der Waals surface area contributed by atoms with Gasteiger partial charge in [-0.15, -0.1) is 0 Å². The molecule has 0 bridgehead atoms. The molecule has 0 saturated heterocycles. The van der Waals surface area contributed by atoms with Crippen LogP contribution in [0, 0.1) is 25.7 Å². The Morgan fingerprint density at radius 3 is 2.48 bits per heavy atom. The van der Waals surface area contributed by atoms with Gasteiger partial charge in [-0.3, -0.25) is 0 Å². The third kappa shape index (κ3) is 6.16. The fraction of sp³-hybridized carbons (Fsp3) is 0.217. The number of aromatic nitrogens is 2. The summed E-state index contributed by atoms with van der Waals surface area (Å²) in [5, 5.41) is 8.20. The third-order valence-corrected chi connectivity index (χ3v) is 4.33. The third-order valence-electron chi connectivity index (χ3n) is 4.33. The molecule has 0 radical (unpaired) electrons. The number of carbonyl (C=O) groups is 1. The Balaban J connectivity index is 0.000000273. The Kier molecular flexibility index (Phi) is 7.39. The lowest BCUT2D eigenvalue weighted by molar-refractivity contribution is 0.196. The van der Waals surface area contributed by atoms with Crippen molar-refractivity contribution in [2.75, 3.05) is 0 Å². The van der Waals surface area contributed by atoms with Crippen molar-refractivity contribution in [3.8, 4) is 11.8 Å². The first-order chi connectivity index (χ1) is 13.0. The molecule has 0 aliphatic rings. The van der Waals surface area contributed by atoms with E-state index in [4.69, 9.17) is 5.11 Å². The highest BCUT2D eigenvalue weighted by atomic mass is 16.4. The van der Waals surface area contributed by atoms with Gasteiger partial charge in [0.25, 0.3) is 0 Å². The molecule has 0 aliphatic carbocycles. The second-order valence-electron chi connectivity index (χ2n) is 6.32. The van der Waals surface area contributed by atoms with Crippen LogP contribution in [-0.2, 0) is 0 Å². The van der Waals surface area contributed by atoms with Crippen molar-refractivity contribution in [1.82, 2.24) is 9.55 Å². The van der Waals surface area contributed by atoms with Gasteiger partial charge >= 0.3 is 6.09 Å². The summed E-state index contributed by atoms with van der Waals surface area (Å²) in [6.45, 7) is 6.50. The van der Waals surface area contributed by atoms with Gasteiger partial charge in [-0.2, -0.15) is 0 Å². The molecular formula is C23H24N2O2. The van der Waals surface area contributed by atoms with Gasteiger partial charge < -0.3 is 5.11 Å². The Hall–Kier alpha value is -3.32. The molecule has 0 amide bonds. The zero-order valence-electron chi connectivity index (χ0n) is 15.9. The Morgan fingerprint density at radius 2 is 1.89 bits per heavy atom. The smallest absolute Gasteiger partial charge is 0.416 e. The second-order valence-corrected chi connectivity index (χ2v) is 6.32.